The molecule has 0 saturated carbocycles. The summed E-state index contributed by atoms with van der Waals surface area (Å²) >= 11 is 12.0. The Balaban J connectivity index is 2.34. The number of hydrogen-bond acceptors (Lipinski definition) is 4. The first-order chi connectivity index (χ1) is 10.8. The van der Waals surface area contributed by atoms with Gasteiger partial charge in [0.05, 0.1) is 18.3 Å². The monoisotopic (exact) mass is 359 g/mol. The molecule has 1 aromatic heterocycles. The first-order valence-corrected chi connectivity index (χ1v) is 7.18. The molecule has 0 amide bonds. The van der Waals surface area contributed by atoms with Gasteiger partial charge in [0, 0.05) is 16.7 Å². The number of carboxylic acid groups (broad SMARTS) is 1. The average molecular weight is 360 g/mol. The highest BCUT2D eigenvalue weighted by atomic mass is 35.5. The van der Waals surface area contributed by atoms with Gasteiger partial charge in [-0.15, -0.1) is 0 Å². The molecule has 0 unspecified atom stereocenters. The van der Waals surface area contributed by atoms with Crippen LogP contribution >= 0.6 is 23.2 Å². The zero-order valence-corrected chi connectivity index (χ0v) is 13.7. The van der Waals surface area contributed by atoms with Crippen LogP contribution in [0.15, 0.2) is 24.4 Å². The number of aromatic nitrogens is 1. The molecule has 0 bridgehead atoms. The number of carbonyl (C=O) groups is 1. The highest BCUT2D eigenvalue weighted by molar-refractivity contribution is 6.36. The Bertz CT molecular complexity index is 754. The van der Waals surface area contributed by atoms with Gasteiger partial charge in [-0.25, -0.2) is 14.2 Å². The molecule has 122 valence electrons. The van der Waals surface area contributed by atoms with Gasteiger partial charge in [0.2, 0.25) is 5.88 Å². The second-order valence-corrected chi connectivity index (χ2v) is 5.34. The van der Waals surface area contributed by atoms with E-state index in [1.807, 2.05) is 0 Å². The van der Waals surface area contributed by atoms with E-state index in [1.54, 1.807) is 6.92 Å². The lowest BCUT2D eigenvalue weighted by Gasteiger charge is -2.18. The van der Waals surface area contributed by atoms with Crippen molar-refractivity contribution in [1.82, 2.24) is 4.98 Å². The molecule has 0 fully saturated rings. The Hall–Kier alpha value is -2.05. The fourth-order valence-electron chi connectivity index (χ4n) is 1.99. The van der Waals surface area contributed by atoms with Crippen molar-refractivity contribution in [2.75, 3.05) is 7.11 Å². The summed E-state index contributed by atoms with van der Waals surface area (Å²) in [6.07, 6.45) is 0.575. The van der Waals surface area contributed by atoms with Crippen molar-refractivity contribution in [2.45, 2.75) is 13.0 Å². The van der Waals surface area contributed by atoms with Crippen molar-refractivity contribution < 1.29 is 23.8 Å². The molecule has 2 aromatic rings. The topological polar surface area (TPSA) is 68.7 Å². The second-order valence-electron chi connectivity index (χ2n) is 4.55. The molecule has 0 radical (unpaired) electrons. The number of aromatic carboxylic acids is 1. The van der Waals surface area contributed by atoms with Crippen molar-refractivity contribution in [3.8, 4) is 11.6 Å². The minimum Gasteiger partial charge on any atom is -0.484 e. The number of carboxylic acids is 1. The lowest BCUT2D eigenvalue weighted by atomic mass is 10.1. The maximum absolute atomic E-state index is 13.6. The van der Waals surface area contributed by atoms with Crippen LogP contribution in [0, 0.1) is 5.82 Å². The molecule has 0 spiro atoms. The van der Waals surface area contributed by atoms with Crippen LogP contribution in [0.2, 0.25) is 10.0 Å². The summed E-state index contributed by atoms with van der Waals surface area (Å²) in [5.41, 5.74) is 0.106. The van der Waals surface area contributed by atoms with E-state index < -0.39 is 17.9 Å². The molecule has 0 saturated heterocycles. The highest BCUT2D eigenvalue weighted by Crippen LogP contribution is 2.35. The molecular formula is C15H12Cl2FNO4. The number of nitrogens with zero attached hydrogens (tertiary/aromatic N) is 1. The SMILES string of the molecule is COc1ncc(O[C@H](C)c2c(Cl)ccc(F)c2Cl)cc1C(=O)O. The minimum atomic E-state index is -1.21. The third-order valence-electron chi connectivity index (χ3n) is 3.05. The van der Waals surface area contributed by atoms with E-state index in [4.69, 9.17) is 37.8 Å². The van der Waals surface area contributed by atoms with Crippen LogP contribution in [0.1, 0.15) is 28.9 Å². The number of methoxy groups -OCH3 is 1. The number of rotatable bonds is 5. The fourth-order valence-corrected chi connectivity index (χ4v) is 2.67. The van der Waals surface area contributed by atoms with Gasteiger partial charge in [-0.2, -0.15) is 0 Å². The van der Waals surface area contributed by atoms with Crippen LogP contribution in [-0.4, -0.2) is 23.2 Å². The minimum absolute atomic E-state index is 0.0423. The standard InChI is InChI=1S/C15H12Cl2FNO4/c1-7(12-10(16)3-4-11(18)13(12)17)23-8-5-9(15(20)21)14(22-2)19-6-8/h3-7H,1-2H3,(H,20,21)/t7-/m1/s1. The van der Waals surface area contributed by atoms with E-state index in [0.717, 1.165) is 6.07 Å². The summed E-state index contributed by atoms with van der Waals surface area (Å²) in [5.74, 6) is -1.72. The van der Waals surface area contributed by atoms with E-state index in [9.17, 15) is 9.18 Å². The molecule has 2 rings (SSSR count). The van der Waals surface area contributed by atoms with Gasteiger partial charge < -0.3 is 14.6 Å². The third-order valence-corrected chi connectivity index (χ3v) is 3.76. The maximum atomic E-state index is 13.6. The summed E-state index contributed by atoms with van der Waals surface area (Å²) < 4.78 is 24.0. The first-order valence-electron chi connectivity index (χ1n) is 6.42. The lowest BCUT2D eigenvalue weighted by Crippen LogP contribution is -2.08. The molecular weight excluding hydrogens is 348 g/mol. The summed E-state index contributed by atoms with van der Waals surface area (Å²) in [4.78, 5) is 15.0. The van der Waals surface area contributed by atoms with E-state index in [-0.39, 0.29) is 32.8 Å². The maximum Gasteiger partial charge on any atom is 0.341 e. The molecule has 1 atom stereocenters. The van der Waals surface area contributed by atoms with Gasteiger partial charge in [0.25, 0.3) is 0 Å². The molecule has 0 aliphatic rings. The Morgan fingerprint density at radius 3 is 2.70 bits per heavy atom. The number of benzene rings is 1. The van der Waals surface area contributed by atoms with Gasteiger partial charge in [0.15, 0.2) is 0 Å². The number of hydrogen-bond donors (Lipinski definition) is 1. The smallest absolute Gasteiger partial charge is 0.341 e. The van der Waals surface area contributed by atoms with Gasteiger partial charge in [-0.3, -0.25) is 0 Å². The van der Waals surface area contributed by atoms with Gasteiger partial charge in [0.1, 0.15) is 23.2 Å². The van der Waals surface area contributed by atoms with Gasteiger partial charge in [-0.05, 0) is 19.1 Å². The van der Waals surface area contributed by atoms with E-state index in [2.05, 4.69) is 4.98 Å². The van der Waals surface area contributed by atoms with Crippen LogP contribution in [0.5, 0.6) is 11.6 Å². The zero-order valence-electron chi connectivity index (χ0n) is 12.1. The lowest BCUT2D eigenvalue weighted by molar-refractivity contribution is 0.0691. The normalized spacial score (nSPS) is 11.9. The van der Waals surface area contributed by atoms with Crippen molar-refractivity contribution in [3.63, 3.8) is 0 Å². The molecule has 23 heavy (non-hydrogen) atoms. The molecule has 1 aromatic carbocycles. The molecule has 1 N–H and O–H groups in total. The number of halogens is 3. The molecule has 0 aliphatic carbocycles. The van der Waals surface area contributed by atoms with E-state index in [0.29, 0.717) is 0 Å². The molecule has 5 nitrogen and oxygen atoms in total. The van der Waals surface area contributed by atoms with Crippen LogP contribution in [0.25, 0.3) is 0 Å². The summed E-state index contributed by atoms with van der Waals surface area (Å²) in [6.45, 7) is 1.61. The average Bonchev–Trinajstić information content (AvgIpc) is 2.51. The summed E-state index contributed by atoms with van der Waals surface area (Å²) in [7, 11) is 1.31. The number of pyridine rings is 1. The first kappa shape index (κ1) is 17.3. The molecule has 8 heteroatoms. The van der Waals surface area contributed by atoms with Crippen molar-refractivity contribution in [3.05, 3.63) is 51.4 Å². The summed E-state index contributed by atoms with van der Waals surface area (Å²) in [5, 5.41) is 9.22. The molecule has 0 aliphatic heterocycles. The Kier molecular flexibility index (Phi) is 5.28. The quantitative estimate of drug-likeness (QED) is 0.802. The van der Waals surface area contributed by atoms with Crippen molar-refractivity contribution in [2.24, 2.45) is 0 Å². The van der Waals surface area contributed by atoms with Crippen molar-refractivity contribution >= 4 is 29.2 Å². The fraction of sp³-hybridized carbons (Fsp3) is 0.200. The van der Waals surface area contributed by atoms with Crippen molar-refractivity contribution in [1.29, 1.82) is 0 Å². The van der Waals surface area contributed by atoms with Crippen LogP contribution in [0.4, 0.5) is 4.39 Å². The van der Waals surface area contributed by atoms with Gasteiger partial charge >= 0.3 is 5.97 Å². The van der Waals surface area contributed by atoms with Crippen LogP contribution in [0.3, 0.4) is 0 Å². The Morgan fingerprint density at radius 1 is 1.39 bits per heavy atom. The third kappa shape index (κ3) is 3.65. The second kappa shape index (κ2) is 7.02. The largest absolute Gasteiger partial charge is 0.484 e. The molecule has 1 heterocycles. The van der Waals surface area contributed by atoms with Crippen LogP contribution in [-0.2, 0) is 0 Å². The van der Waals surface area contributed by atoms with E-state index in [1.165, 1.54) is 25.4 Å². The van der Waals surface area contributed by atoms with Crippen LogP contribution < -0.4 is 9.47 Å². The number of ether oxygens (including phenoxy) is 2. The Morgan fingerprint density at radius 2 is 2.09 bits per heavy atom. The predicted molar refractivity (Wildman–Crippen MR) is 83.2 cm³/mol. The van der Waals surface area contributed by atoms with Gasteiger partial charge in [-0.1, -0.05) is 23.2 Å². The zero-order chi connectivity index (χ0) is 17.1. The highest BCUT2D eigenvalue weighted by Gasteiger charge is 2.20. The summed E-state index contributed by atoms with van der Waals surface area (Å²) in [6, 6.07) is 3.77. The predicted octanol–water partition coefficient (Wildman–Crippen LogP) is 4.37. The van der Waals surface area contributed by atoms with E-state index >= 15 is 0 Å². The Labute approximate surface area is 141 Å².